The standard InChI is InChI=1S/C22H20BrN3O2/c23-21-19(27)11-7-12-20(21)28-15-6-5-14-26-18-10-2-1-8-16(18)25-22(26)17-9-3-4-13-24-17/h1-4,7-13,27H,5-6,14-15H2. The summed E-state index contributed by atoms with van der Waals surface area (Å²) in [6.07, 6.45) is 3.62. The number of rotatable bonds is 7. The van der Waals surface area contributed by atoms with Crippen LogP contribution >= 0.6 is 15.9 Å². The van der Waals surface area contributed by atoms with E-state index in [4.69, 9.17) is 9.72 Å². The fraction of sp³-hybridized carbons (Fsp3) is 0.182. The minimum absolute atomic E-state index is 0.183. The number of unbranched alkanes of at least 4 members (excludes halogenated alkanes) is 1. The molecule has 28 heavy (non-hydrogen) atoms. The van der Waals surface area contributed by atoms with Gasteiger partial charge in [0.1, 0.15) is 21.7 Å². The van der Waals surface area contributed by atoms with Crippen molar-refractivity contribution in [3.05, 3.63) is 71.3 Å². The summed E-state index contributed by atoms with van der Waals surface area (Å²) in [7, 11) is 0. The van der Waals surface area contributed by atoms with Crippen LogP contribution in [-0.2, 0) is 6.54 Å². The van der Waals surface area contributed by atoms with Crippen LogP contribution in [0.15, 0.2) is 71.3 Å². The van der Waals surface area contributed by atoms with Crippen LogP contribution in [0.2, 0.25) is 0 Å². The maximum absolute atomic E-state index is 9.72. The first-order valence-corrected chi connectivity index (χ1v) is 10.0. The zero-order valence-electron chi connectivity index (χ0n) is 15.3. The van der Waals surface area contributed by atoms with Crippen molar-refractivity contribution in [3.8, 4) is 23.0 Å². The number of phenolic OH excluding ortho intramolecular Hbond substituents is 1. The van der Waals surface area contributed by atoms with Gasteiger partial charge in [0.15, 0.2) is 5.82 Å². The summed E-state index contributed by atoms with van der Waals surface area (Å²) in [5.74, 6) is 1.73. The molecule has 0 aliphatic rings. The number of halogens is 1. The summed E-state index contributed by atoms with van der Waals surface area (Å²) in [4.78, 5) is 9.26. The molecule has 5 nitrogen and oxygen atoms in total. The van der Waals surface area contributed by atoms with Gasteiger partial charge < -0.3 is 14.4 Å². The molecule has 0 fully saturated rings. The van der Waals surface area contributed by atoms with Crippen LogP contribution in [0.25, 0.3) is 22.6 Å². The normalized spacial score (nSPS) is 11.0. The smallest absolute Gasteiger partial charge is 0.159 e. The van der Waals surface area contributed by atoms with Crippen LogP contribution < -0.4 is 4.74 Å². The molecule has 0 radical (unpaired) electrons. The van der Waals surface area contributed by atoms with Gasteiger partial charge in [-0.25, -0.2) is 4.98 Å². The number of hydrogen-bond donors (Lipinski definition) is 1. The maximum Gasteiger partial charge on any atom is 0.159 e. The van der Waals surface area contributed by atoms with E-state index in [9.17, 15) is 5.11 Å². The van der Waals surface area contributed by atoms with E-state index in [1.807, 2.05) is 42.5 Å². The summed E-state index contributed by atoms with van der Waals surface area (Å²) < 4.78 is 8.61. The van der Waals surface area contributed by atoms with Crippen LogP contribution in [-0.4, -0.2) is 26.2 Å². The fourth-order valence-corrected chi connectivity index (χ4v) is 3.54. The zero-order chi connectivity index (χ0) is 19.3. The summed E-state index contributed by atoms with van der Waals surface area (Å²) in [6.45, 7) is 1.41. The Labute approximate surface area is 171 Å². The van der Waals surface area contributed by atoms with Gasteiger partial charge in [-0.05, 0) is 65.2 Å². The SMILES string of the molecule is Oc1cccc(OCCCCn2c(-c3ccccn3)nc3ccccc32)c1Br. The molecule has 2 heterocycles. The number of aromatic nitrogens is 3. The predicted octanol–water partition coefficient (Wildman–Crippen LogP) is 5.43. The Balaban J connectivity index is 1.45. The van der Waals surface area contributed by atoms with E-state index in [0.717, 1.165) is 41.9 Å². The number of hydrogen-bond acceptors (Lipinski definition) is 4. The van der Waals surface area contributed by atoms with Crippen molar-refractivity contribution in [3.63, 3.8) is 0 Å². The first kappa shape index (κ1) is 18.5. The van der Waals surface area contributed by atoms with Gasteiger partial charge in [-0.1, -0.05) is 24.3 Å². The second-order valence-electron chi connectivity index (χ2n) is 6.44. The lowest BCUT2D eigenvalue weighted by atomic mass is 10.2. The first-order chi connectivity index (χ1) is 13.7. The number of benzene rings is 2. The molecule has 0 spiro atoms. The third-order valence-electron chi connectivity index (χ3n) is 4.53. The molecule has 0 saturated heterocycles. The third kappa shape index (κ3) is 3.87. The average Bonchev–Trinajstić information content (AvgIpc) is 3.10. The molecular formula is C22H20BrN3O2. The number of aromatic hydroxyl groups is 1. The zero-order valence-corrected chi connectivity index (χ0v) is 16.8. The van der Waals surface area contributed by atoms with Crippen molar-refractivity contribution < 1.29 is 9.84 Å². The molecule has 2 aromatic carbocycles. The Bertz CT molecular complexity index is 1080. The Morgan fingerprint density at radius 2 is 1.82 bits per heavy atom. The van der Waals surface area contributed by atoms with Crippen LogP contribution in [0, 0.1) is 0 Å². The number of para-hydroxylation sites is 2. The van der Waals surface area contributed by atoms with Crippen molar-refractivity contribution in [2.45, 2.75) is 19.4 Å². The Kier molecular flexibility index (Phi) is 5.58. The molecule has 0 aliphatic carbocycles. The largest absolute Gasteiger partial charge is 0.507 e. The van der Waals surface area contributed by atoms with Gasteiger partial charge in [-0.15, -0.1) is 0 Å². The van der Waals surface area contributed by atoms with Crippen molar-refractivity contribution in [2.75, 3.05) is 6.61 Å². The van der Waals surface area contributed by atoms with E-state index in [2.05, 4.69) is 31.5 Å². The predicted molar refractivity (Wildman–Crippen MR) is 113 cm³/mol. The highest BCUT2D eigenvalue weighted by molar-refractivity contribution is 9.10. The molecule has 142 valence electrons. The van der Waals surface area contributed by atoms with Gasteiger partial charge in [0.05, 0.1) is 17.6 Å². The molecule has 6 heteroatoms. The number of nitrogens with zero attached hydrogens (tertiary/aromatic N) is 3. The third-order valence-corrected chi connectivity index (χ3v) is 5.32. The Morgan fingerprint density at radius 3 is 2.68 bits per heavy atom. The minimum Gasteiger partial charge on any atom is -0.507 e. The van der Waals surface area contributed by atoms with Gasteiger partial charge in [-0.2, -0.15) is 0 Å². The van der Waals surface area contributed by atoms with Crippen molar-refractivity contribution in [1.82, 2.24) is 14.5 Å². The lowest BCUT2D eigenvalue weighted by Crippen LogP contribution is -2.04. The molecule has 4 aromatic rings. The first-order valence-electron chi connectivity index (χ1n) is 9.21. The lowest BCUT2D eigenvalue weighted by molar-refractivity contribution is 0.300. The molecule has 4 rings (SSSR count). The molecule has 0 unspecified atom stereocenters. The minimum atomic E-state index is 0.183. The second kappa shape index (κ2) is 8.44. The van der Waals surface area contributed by atoms with E-state index in [0.29, 0.717) is 16.8 Å². The van der Waals surface area contributed by atoms with Crippen molar-refractivity contribution in [2.24, 2.45) is 0 Å². The second-order valence-corrected chi connectivity index (χ2v) is 7.23. The van der Waals surface area contributed by atoms with Gasteiger partial charge >= 0.3 is 0 Å². The van der Waals surface area contributed by atoms with Crippen molar-refractivity contribution >= 4 is 27.0 Å². The molecule has 0 amide bonds. The molecule has 0 saturated carbocycles. The number of ether oxygens (including phenoxy) is 1. The number of aryl methyl sites for hydroxylation is 1. The number of pyridine rings is 1. The summed E-state index contributed by atoms with van der Waals surface area (Å²) >= 11 is 3.35. The van der Waals surface area contributed by atoms with Gasteiger partial charge in [-0.3, -0.25) is 4.98 Å². The fourth-order valence-electron chi connectivity index (χ4n) is 3.16. The van der Waals surface area contributed by atoms with E-state index < -0.39 is 0 Å². The summed E-state index contributed by atoms with van der Waals surface area (Å²) in [6, 6.07) is 19.3. The van der Waals surface area contributed by atoms with Crippen LogP contribution in [0.1, 0.15) is 12.8 Å². The van der Waals surface area contributed by atoms with Gasteiger partial charge in [0, 0.05) is 12.7 Å². The number of fused-ring (bicyclic) bond motifs is 1. The lowest BCUT2D eigenvalue weighted by Gasteiger charge is -2.11. The highest BCUT2D eigenvalue weighted by atomic mass is 79.9. The molecular weight excluding hydrogens is 418 g/mol. The van der Waals surface area contributed by atoms with E-state index in [1.54, 1.807) is 18.3 Å². The molecule has 0 aliphatic heterocycles. The molecule has 1 N–H and O–H groups in total. The highest BCUT2D eigenvalue weighted by Crippen LogP contribution is 2.33. The molecule has 0 bridgehead atoms. The highest BCUT2D eigenvalue weighted by Gasteiger charge is 2.13. The summed E-state index contributed by atoms with van der Waals surface area (Å²) in [5, 5.41) is 9.72. The average molecular weight is 438 g/mol. The van der Waals surface area contributed by atoms with E-state index in [1.165, 1.54) is 0 Å². The Hall–Kier alpha value is -2.86. The van der Waals surface area contributed by atoms with Gasteiger partial charge in [0.25, 0.3) is 0 Å². The van der Waals surface area contributed by atoms with Crippen molar-refractivity contribution in [1.29, 1.82) is 0 Å². The van der Waals surface area contributed by atoms with Crippen LogP contribution in [0.3, 0.4) is 0 Å². The molecule has 0 atom stereocenters. The van der Waals surface area contributed by atoms with E-state index in [-0.39, 0.29) is 5.75 Å². The number of imidazole rings is 1. The summed E-state index contributed by atoms with van der Waals surface area (Å²) in [5.41, 5.74) is 2.96. The number of phenols is 1. The monoisotopic (exact) mass is 437 g/mol. The molecule has 2 aromatic heterocycles. The quantitative estimate of drug-likeness (QED) is 0.391. The van der Waals surface area contributed by atoms with Crippen LogP contribution in [0.4, 0.5) is 0 Å². The van der Waals surface area contributed by atoms with E-state index >= 15 is 0 Å². The Morgan fingerprint density at radius 1 is 0.964 bits per heavy atom. The maximum atomic E-state index is 9.72. The topological polar surface area (TPSA) is 60.2 Å². The van der Waals surface area contributed by atoms with Crippen LogP contribution in [0.5, 0.6) is 11.5 Å². The van der Waals surface area contributed by atoms with Gasteiger partial charge in [0.2, 0.25) is 0 Å².